The fourth-order valence-electron chi connectivity index (χ4n) is 1.71. The van der Waals surface area contributed by atoms with Crippen molar-refractivity contribution in [2.45, 2.75) is 37.4 Å². The molecule has 0 spiro atoms. The molecule has 0 fully saturated rings. The number of quaternary nitrogens is 1. The highest BCUT2D eigenvalue weighted by molar-refractivity contribution is 7.98. The van der Waals surface area contributed by atoms with Crippen LogP contribution in [-0.4, -0.2) is 69.9 Å². The molecule has 2 amide bonds. The van der Waals surface area contributed by atoms with E-state index in [-0.39, 0.29) is 24.3 Å². The van der Waals surface area contributed by atoms with Gasteiger partial charge in [-0.25, -0.2) is 9.59 Å². The zero-order chi connectivity index (χ0) is 18.7. The van der Waals surface area contributed by atoms with Crippen LogP contribution in [0.2, 0.25) is 0 Å². The SMILES string of the molecule is CSCC(NC(=O)C(CS)NC(=O)CCCC([NH3+])C(=O)O)C(=O)O. The second-order valence-electron chi connectivity index (χ2n) is 5.08. The van der Waals surface area contributed by atoms with Gasteiger partial charge >= 0.3 is 11.9 Å². The van der Waals surface area contributed by atoms with Crippen LogP contribution in [0.5, 0.6) is 0 Å². The number of carboxylic acids is 2. The third-order valence-electron chi connectivity index (χ3n) is 3.09. The highest BCUT2D eigenvalue weighted by Crippen LogP contribution is 2.01. The lowest BCUT2D eigenvalue weighted by Crippen LogP contribution is -2.64. The lowest BCUT2D eigenvalue weighted by Gasteiger charge is -2.19. The van der Waals surface area contributed by atoms with Gasteiger partial charge in [0.1, 0.15) is 12.1 Å². The van der Waals surface area contributed by atoms with Crippen LogP contribution in [0.1, 0.15) is 19.3 Å². The molecular weight excluding hydrogens is 358 g/mol. The van der Waals surface area contributed by atoms with Gasteiger partial charge in [0.25, 0.3) is 0 Å². The summed E-state index contributed by atoms with van der Waals surface area (Å²) in [5.74, 6) is -3.03. The summed E-state index contributed by atoms with van der Waals surface area (Å²) >= 11 is 5.26. The predicted octanol–water partition coefficient (Wildman–Crippen LogP) is -1.80. The maximum absolute atomic E-state index is 12.0. The van der Waals surface area contributed by atoms with Gasteiger partial charge in [0.15, 0.2) is 6.04 Å². The predicted molar refractivity (Wildman–Crippen MR) is 91.9 cm³/mol. The Morgan fingerprint density at radius 3 is 2.21 bits per heavy atom. The zero-order valence-electron chi connectivity index (χ0n) is 13.4. The van der Waals surface area contributed by atoms with E-state index in [1.54, 1.807) is 6.26 Å². The first kappa shape index (κ1) is 22.5. The Morgan fingerprint density at radius 2 is 1.75 bits per heavy atom. The number of hydrogen-bond donors (Lipinski definition) is 6. The molecule has 3 unspecified atom stereocenters. The summed E-state index contributed by atoms with van der Waals surface area (Å²) in [7, 11) is 0. The Labute approximate surface area is 149 Å². The summed E-state index contributed by atoms with van der Waals surface area (Å²) in [6.45, 7) is 0. The third-order valence-corrected chi connectivity index (χ3v) is 4.12. The highest BCUT2D eigenvalue weighted by Gasteiger charge is 2.25. The molecule has 0 aromatic heterocycles. The first-order valence-corrected chi connectivity index (χ1v) is 9.23. The average Bonchev–Trinajstić information content (AvgIpc) is 2.51. The molecule has 0 bridgehead atoms. The Morgan fingerprint density at radius 1 is 1.12 bits per heavy atom. The number of carbonyl (C=O) groups is 4. The van der Waals surface area contributed by atoms with Crippen LogP contribution in [0.25, 0.3) is 0 Å². The van der Waals surface area contributed by atoms with Crippen LogP contribution in [0.3, 0.4) is 0 Å². The number of carbonyl (C=O) groups excluding carboxylic acids is 2. The van der Waals surface area contributed by atoms with Crippen molar-refractivity contribution >= 4 is 48.1 Å². The number of thioether (sulfide) groups is 1. The number of amides is 2. The largest absolute Gasteiger partial charge is 0.480 e. The summed E-state index contributed by atoms with van der Waals surface area (Å²) in [6, 6.07) is -2.79. The number of hydrogen-bond acceptors (Lipinski definition) is 6. The maximum Gasteiger partial charge on any atom is 0.362 e. The molecule has 0 aliphatic heterocycles. The Balaban J connectivity index is 4.41. The molecule has 24 heavy (non-hydrogen) atoms. The fourth-order valence-corrected chi connectivity index (χ4v) is 2.52. The lowest BCUT2D eigenvalue weighted by molar-refractivity contribution is -0.409. The van der Waals surface area contributed by atoms with E-state index in [9.17, 15) is 19.2 Å². The summed E-state index contributed by atoms with van der Waals surface area (Å²) in [5.41, 5.74) is 3.44. The first-order valence-electron chi connectivity index (χ1n) is 7.21. The van der Waals surface area contributed by atoms with Gasteiger partial charge in [-0.2, -0.15) is 24.4 Å². The standard InChI is InChI=1S/C13H23N3O6S2/c1-24-6-9(13(21)22)16-11(18)8(5-23)15-10(17)4-2-3-7(14)12(19)20/h7-9,23H,2-6,14H2,1H3,(H,15,17)(H,16,18)(H,19,20)(H,21,22)/p+1. The van der Waals surface area contributed by atoms with E-state index in [2.05, 4.69) is 29.0 Å². The minimum absolute atomic E-state index is 0.0102. The van der Waals surface area contributed by atoms with Gasteiger partial charge in [0.2, 0.25) is 11.8 Å². The van der Waals surface area contributed by atoms with Gasteiger partial charge < -0.3 is 26.6 Å². The Hall–Kier alpha value is -1.46. The van der Waals surface area contributed by atoms with Gasteiger partial charge in [-0.1, -0.05) is 0 Å². The van der Waals surface area contributed by atoms with E-state index in [1.165, 1.54) is 11.8 Å². The van der Waals surface area contributed by atoms with E-state index in [0.29, 0.717) is 6.42 Å². The molecule has 0 saturated carbocycles. The molecule has 0 rings (SSSR count). The molecule has 0 aliphatic carbocycles. The number of rotatable bonds is 12. The van der Waals surface area contributed by atoms with E-state index in [1.807, 2.05) is 0 Å². The molecule has 0 aliphatic rings. The number of nitrogens with one attached hydrogen (secondary N) is 2. The lowest BCUT2D eigenvalue weighted by atomic mass is 10.1. The van der Waals surface area contributed by atoms with Gasteiger partial charge in [0, 0.05) is 24.3 Å². The van der Waals surface area contributed by atoms with Crippen LogP contribution in [0.4, 0.5) is 0 Å². The summed E-state index contributed by atoms with van der Waals surface area (Å²) in [6.07, 6.45) is 2.32. The van der Waals surface area contributed by atoms with Crippen molar-refractivity contribution in [3.8, 4) is 0 Å². The molecule has 3 atom stereocenters. The quantitative estimate of drug-likeness (QED) is 0.217. The maximum atomic E-state index is 12.0. The fraction of sp³-hybridized carbons (Fsp3) is 0.692. The van der Waals surface area contributed by atoms with E-state index in [4.69, 9.17) is 10.2 Å². The summed E-state index contributed by atoms with van der Waals surface area (Å²) in [4.78, 5) is 45.5. The second-order valence-corrected chi connectivity index (χ2v) is 6.36. The number of carboxylic acid groups (broad SMARTS) is 2. The molecule has 0 heterocycles. The Kier molecular flexibility index (Phi) is 11.3. The zero-order valence-corrected chi connectivity index (χ0v) is 15.1. The van der Waals surface area contributed by atoms with Gasteiger partial charge in [-0.3, -0.25) is 9.59 Å². The van der Waals surface area contributed by atoms with Crippen LogP contribution in [0.15, 0.2) is 0 Å². The van der Waals surface area contributed by atoms with Crippen molar-refractivity contribution in [3.63, 3.8) is 0 Å². The third kappa shape index (κ3) is 8.99. The molecule has 0 radical (unpaired) electrons. The molecule has 0 aromatic carbocycles. The van der Waals surface area contributed by atoms with E-state index in [0.717, 1.165) is 0 Å². The summed E-state index contributed by atoms with van der Waals surface area (Å²) < 4.78 is 0. The van der Waals surface area contributed by atoms with Gasteiger partial charge in [0.05, 0.1) is 0 Å². The summed E-state index contributed by atoms with van der Waals surface area (Å²) in [5, 5.41) is 22.5. The molecule has 138 valence electrons. The van der Waals surface area contributed by atoms with Crippen molar-refractivity contribution in [2.75, 3.05) is 17.8 Å². The normalized spacial score (nSPS) is 14.3. The van der Waals surface area contributed by atoms with Crippen molar-refractivity contribution in [1.82, 2.24) is 10.6 Å². The number of aliphatic carboxylic acids is 2. The van der Waals surface area contributed by atoms with Crippen molar-refractivity contribution < 1.29 is 35.1 Å². The first-order chi connectivity index (χ1) is 11.2. The average molecular weight is 382 g/mol. The Bertz CT molecular complexity index is 463. The number of thiol groups is 1. The van der Waals surface area contributed by atoms with Crippen molar-refractivity contribution in [3.05, 3.63) is 0 Å². The highest BCUT2D eigenvalue weighted by atomic mass is 32.2. The van der Waals surface area contributed by atoms with Crippen molar-refractivity contribution in [2.24, 2.45) is 0 Å². The van der Waals surface area contributed by atoms with Gasteiger partial charge in [-0.05, 0) is 12.7 Å². The van der Waals surface area contributed by atoms with Crippen LogP contribution in [0, 0.1) is 0 Å². The topological polar surface area (TPSA) is 160 Å². The second kappa shape index (κ2) is 12.0. The molecule has 9 nitrogen and oxygen atoms in total. The minimum atomic E-state index is -1.16. The molecule has 0 aromatic rings. The van der Waals surface area contributed by atoms with Crippen LogP contribution < -0.4 is 16.4 Å². The van der Waals surface area contributed by atoms with Crippen molar-refractivity contribution in [1.29, 1.82) is 0 Å². The van der Waals surface area contributed by atoms with E-state index < -0.39 is 41.9 Å². The molecule has 11 heteroatoms. The molecular formula is C13H24N3O6S2+. The minimum Gasteiger partial charge on any atom is -0.480 e. The molecule has 7 N–H and O–H groups in total. The van der Waals surface area contributed by atoms with E-state index >= 15 is 0 Å². The van der Waals surface area contributed by atoms with Crippen LogP contribution in [-0.2, 0) is 19.2 Å². The monoisotopic (exact) mass is 382 g/mol. The van der Waals surface area contributed by atoms with Crippen LogP contribution >= 0.6 is 24.4 Å². The van der Waals surface area contributed by atoms with Gasteiger partial charge in [-0.15, -0.1) is 0 Å². The smallest absolute Gasteiger partial charge is 0.362 e. The molecule has 0 saturated heterocycles.